The van der Waals surface area contributed by atoms with Gasteiger partial charge in [-0.25, -0.2) is 9.78 Å². The zero-order valence-corrected chi connectivity index (χ0v) is 17.6. The monoisotopic (exact) mass is 429 g/mol. The van der Waals surface area contributed by atoms with Crippen LogP contribution in [-0.2, 0) is 18.0 Å². The Bertz CT molecular complexity index is 1220. The Morgan fingerprint density at radius 1 is 0.875 bits per heavy atom. The smallest absolute Gasteiger partial charge is 0.344 e. The van der Waals surface area contributed by atoms with Crippen molar-refractivity contribution in [1.82, 2.24) is 4.98 Å². The number of aliphatic carboxylic acids is 1. The quantitative estimate of drug-likeness (QED) is 0.392. The molecule has 162 valence electrons. The number of carbonyl (C=O) groups is 1. The summed E-state index contributed by atoms with van der Waals surface area (Å²) in [5.74, 6) is 0.764. The van der Waals surface area contributed by atoms with E-state index in [1.54, 1.807) is 12.1 Å². The zero-order chi connectivity index (χ0) is 22.3. The average molecular weight is 429 g/mol. The van der Waals surface area contributed by atoms with E-state index < -0.39 is 12.1 Å². The van der Waals surface area contributed by atoms with Crippen molar-refractivity contribution in [1.29, 1.82) is 0 Å². The Balaban J connectivity index is 1.39. The summed E-state index contributed by atoms with van der Waals surface area (Å²) in [6.07, 6.45) is -0.948. The first-order valence-corrected chi connectivity index (χ1v) is 10.3. The molecule has 1 unspecified atom stereocenters. The molecule has 0 aliphatic carbocycles. The van der Waals surface area contributed by atoms with Gasteiger partial charge in [0.25, 0.3) is 0 Å². The lowest BCUT2D eigenvalue weighted by Crippen LogP contribution is -2.23. The molecule has 1 atom stereocenters. The van der Waals surface area contributed by atoms with Crippen LogP contribution >= 0.6 is 0 Å². The van der Waals surface area contributed by atoms with E-state index in [1.165, 1.54) is 6.92 Å². The van der Waals surface area contributed by atoms with Crippen LogP contribution in [-0.4, -0.2) is 22.2 Å². The molecule has 3 aromatic carbocycles. The van der Waals surface area contributed by atoms with Crippen molar-refractivity contribution in [2.24, 2.45) is 0 Å². The number of hydrogen-bond donors (Lipinski definition) is 1. The molecule has 0 fully saturated rings. The van der Waals surface area contributed by atoms with Gasteiger partial charge in [0.15, 0.2) is 6.10 Å². The van der Waals surface area contributed by atoms with E-state index in [4.69, 9.17) is 19.3 Å². The maximum Gasteiger partial charge on any atom is 0.344 e. The standard InChI is InChI=1S/C26H23NO5/c1-18(26(28)29)32-25-12-5-3-8-20(25)16-30-22-9-6-10-23(15-22)31-17-21-14-13-19-7-2-4-11-24(19)27-21/h2-15,18H,16-17H2,1H3,(H,28,29). The Hall–Kier alpha value is -4.06. The van der Waals surface area contributed by atoms with Crippen molar-refractivity contribution in [3.8, 4) is 17.2 Å². The third-order valence-electron chi connectivity index (χ3n) is 4.87. The lowest BCUT2D eigenvalue weighted by molar-refractivity contribution is -0.144. The Morgan fingerprint density at radius 3 is 2.41 bits per heavy atom. The number of carboxylic acid groups (broad SMARTS) is 1. The molecule has 0 aliphatic rings. The summed E-state index contributed by atoms with van der Waals surface area (Å²) in [4.78, 5) is 15.7. The highest BCUT2D eigenvalue weighted by molar-refractivity contribution is 5.78. The number of rotatable bonds is 9. The largest absolute Gasteiger partial charge is 0.489 e. The first-order chi connectivity index (χ1) is 15.6. The molecule has 1 aromatic heterocycles. The van der Waals surface area contributed by atoms with E-state index in [-0.39, 0.29) is 6.61 Å². The second-order valence-corrected chi connectivity index (χ2v) is 7.25. The van der Waals surface area contributed by atoms with Crippen LogP contribution in [0.4, 0.5) is 0 Å². The van der Waals surface area contributed by atoms with E-state index in [0.29, 0.717) is 23.9 Å². The predicted molar refractivity (Wildman–Crippen MR) is 121 cm³/mol. The second-order valence-electron chi connectivity index (χ2n) is 7.25. The molecule has 0 amide bonds. The summed E-state index contributed by atoms with van der Waals surface area (Å²) in [6.45, 7) is 2.07. The maximum absolute atomic E-state index is 11.1. The normalized spacial score (nSPS) is 11.7. The van der Waals surface area contributed by atoms with Crippen LogP contribution in [0.15, 0.2) is 84.9 Å². The first-order valence-electron chi connectivity index (χ1n) is 10.3. The number of benzene rings is 3. The summed E-state index contributed by atoms with van der Waals surface area (Å²) in [7, 11) is 0. The molecule has 32 heavy (non-hydrogen) atoms. The van der Waals surface area contributed by atoms with Gasteiger partial charge in [0, 0.05) is 17.0 Å². The van der Waals surface area contributed by atoms with Gasteiger partial charge in [-0.05, 0) is 37.3 Å². The SMILES string of the molecule is CC(Oc1ccccc1COc1cccc(OCc2ccc3ccccc3n2)c1)C(=O)O. The van der Waals surface area contributed by atoms with Crippen LogP contribution in [0.5, 0.6) is 17.2 Å². The number of ether oxygens (including phenoxy) is 3. The number of carboxylic acids is 1. The molecule has 0 radical (unpaired) electrons. The third-order valence-corrected chi connectivity index (χ3v) is 4.87. The molecule has 0 bridgehead atoms. The Labute approximate surface area is 186 Å². The minimum atomic E-state index is -1.02. The zero-order valence-electron chi connectivity index (χ0n) is 17.6. The highest BCUT2D eigenvalue weighted by Gasteiger charge is 2.14. The van der Waals surface area contributed by atoms with Crippen LogP contribution in [0.1, 0.15) is 18.2 Å². The lowest BCUT2D eigenvalue weighted by Gasteiger charge is -2.15. The topological polar surface area (TPSA) is 77.9 Å². The van der Waals surface area contributed by atoms with Crippen LogP contribution in [0, 0.1) is 0 Å². The van der Waals surface area contributed by atoms with Gasteiger partial charge < -0.3 is 19.3 Å². The van der Waals surface area contributed by atoms with Gasteiger partial charge >= 0.3 is 5.97 Å². The minimum Gasteiger partial charge on any atom is -0.489 e. The Morgan fingerprint density at radius 2 is 1.59 bits per heavy atom. The van der Waals surface area contributed by atoms with E-state index in [2.05, 4.69) is 4.98 Å². The van der Waals surface area contributed by atoms with Crippen molar-refractivity contribution in [2.45, 2.75) is 26.2 Å². The number of fused-ring (bicyclic) bond motifs is 1. The van der Waals surface area contributed by atoms with E-state index in [9.17, 15) is 4.79 Å². The van der Waals surface area contributed by atoms with Gasteiger partial charge in [0.2, 0.25) is 0 Å². The summed E-state index contributed by atoms with van der Waals surface area (Å²) in [5.41, 5.74) is 2.53. The summed E-state index contributed by atoms with van der Waals surface area (Å²) < 4.78 is 17.3. The third kappa shape index (κ3) is 5.35. The first kappa shape index (κ1) is 21.2. The molecular weight excluding hydrogens is 406 g/mol. The molecule has 6 heteroatoms. The van der Waals surface area contributed by atoms with Gasteiger partial charge in [-0.3, -0.25) is 0 Å². The van der Waals surface area contributed by atoms with Crippen molar-refractivity contribution in [3.05, 3.63) is 96.2 Å². The number of pyridine rings is 1. The molecule has 0 spiro atoms. The minimum absolute atomic E-state index is 0.234. The number of hydrogen-bond acceptors (Lipinski definition) is 5. The van der Waals surface area contributed by atoms with Crippen molar-refractivity contribution < 1.29 is 24.1 Å². The molecule has 0 aliphatic heterocycles. The fourth-order valence-electron chi connectivity index (χ4n) is 3.14. The highest BCUT2D eigenvalue weighted by atomic mass is 16.5. The molecule has 0 saturated carbocycles. The van der Waals surface area contributed by atoms with E-state index >= 15 is 0 Å². The van der Waals surface area contributed by atoms with Gasteiger partial charge in [-0.1, -0.05) is 48.5 Å². The van der Waals surface area contributed by atoms with Crippen LogP contribution < -0.4 is 14.2 Å². The van der Waals surface area contributed by atoms with Crippen LogP contribution in [0.2, 0.25) is 0 Å². The predicted octanol–water partition coefficient (Wildman–Crippen LogP) is 5.24. The van der Waals surface area contributed by atoms with Crippen molar-refractivity contribution >= 4 is 16.9 Å². The molecule has 1 N–H and O–H groups in total. The molecule has 6 nitrogen and oxygen atoms in total. The molecular formula is C26H23NO5. The van der Waals surface area contributed by atoms with Crippen molar-refractivity contribution in [3.63, 3.8) is 0 Å². The average Bonchev–Trinajstić information content (AvgIpc) is 2.82. The summed E-state index contributed by atoms with van der Waals surface area (Å²) in [5, 5.41) is 10.2. The summed E-state index contributed by atoms with van der Waals surface area (Å²) >= 11 is 0. The van der Waals surface area contributed by atoms with Crippen molar-refractivity contribution in [2.75, 3.05) is 0 Å². The maximum atomic E-state index is 11.1. The van der Waals surface area contributed by atoms with E-state index in [0.717, 1.165) is 22.2 Å². The molecule has 0 saturated heterocycles. The van der Waals surface area contributed by atoms with Gasteiger partial charge in [0.1, 0.15) is 30.5 Å². The number of nitrogens with zero attached hydrogens (tertiary/aromatic N) is 1. The fraction of sp³-hybridized carbons (Fsp3) is 0.154. The van der Waals surface area contributed by atoms with Gasteiger partial charge in [0.05, 0.1) is 11.2 Å². The summed E-state index contributed by atoms with van der Waals surface area (Å²) in [6, 6.07) is 26.5. The van der Waals surface area contributed by atoms with Crippen LogP contribution in [0.25, 0.3) is 10.9 Å². The molecule has 4 rings (SSSR count). The van der Waals surface area contributed by atoms with Crippen LogP contribution in [0.3, 0.4) is 0 Å². The Kier molecular flexibility index (Phi) is 6.51. The van der Waals surface area contributed by atoms with Gasteiger partial charge in [-0.15, -0.1) is 0 Å². The number of para-hydroxylation sites is 2. The van der Waals surface area contributed by atoms with E-state index in [1.807, 2.05) is 72.8 Å². The molecule has 4 aromatic rings. The highest BCUT2D eigenvalue weighted by Crippen LogP contribution is 2.25. The second kappa shape index (κ2) is 9.83. The number of aromatic nitrogens is 1. The lowest BCUT2D eigenvalue weighted by atomic mass is 10.2. The van der Waals surface area contributed by atoms with Gasteiger partial charge in [-0.2, -0.15) is 0 Å². The fourth-order valence-corrected chi connectivity index (χ4v) is 3.14. The molecule has 1 heterocycles.